The summed E-state index contributed by atoms with van der Waals surface area (Å²) in [6.45, 7) is 2.21. The maximum Gasteiger partial charge on any atom is 0.235 e. The van der Waals surface area contributed by atoms with Crippen LogP contribution in [0.15, 0.2) is 23.3 Å². The van der Waals surface area contributed by atoms with Crippen LogP contribution in [0.4, 0.5) is 0 Å². The van der Waals surface area contributed by atoms with Crippen molar-refractivity contribution in [2.24, 2.45) is 0 Å². The second-order valence-electron chi connectivity index (χ2n) is 5.48. The predicted molar refractivity (Wildman–Crippen MR) is 80.8 cm³/mol. The maximum atomic E-state index is 12.6. The first-order chi connectivity index (χ1) is 11.0. The van der Waals surface area contributed by atoms with Gasteiger partial charge in [-0.25, -0.2) is 0 Å². The number of fused-ring (bicyclic) bond motifs is 3. The van der Waals surface area contributed by atoms with E-state index in [1.807, 2.05) is 6.92 Å². The highest BCUT2D eigenvalue weighted by atomic mass is 16.7. The number of rotatable bonds is 3. The molecule has 0 saturated carbocycles. The molecule has 2 aliphatic rings. The molecule has 1 unspecified atom stereocenters. The number of hydrogen-bond acceptors (Lipinski definition) is 6. The lowest BCUT2D eigenvalue weighted by atomic mass is 9.76. The molecule has 0 amide bonds. The van der Waals surface area contributed by atoms with Gasteiger partial charge >= 0.3 is 0 Å². The number of carbonyl (C=O) groups excluding carboxylic acids is 2. The Bertz CT molecular complexity index is 733. The molecule has 0 spiro atoms. The van der Waals surface area contributed by atoms with Crippen LogP contribution in [0.3, 0.4) is 0 Å². The Morgan fingerprint density at radius 3 is 2.43 bits per heavy atom. The lowest BCUT2D eigenvalue weighted by molar-refractivity contribution is -0.213. The molecule has 23 heavy (non-hydrogen) atoms. The smallest absolute Gasteiger partial charge is 0.235 e. The fourth-order valence-corrected chi connectivity index (χ4v) is 3.25. The van der Waals surface area contributed by atoms with Crippen molar-refractivity contribution in [3.63, 3.8) is 0 Å². The first-order valence-corrected chi connectivity index (χ1v) is 7.25. The van der Waals surface area contributed by atoms with Crippen molar-refractivity contribution < 1.29 is 28.5 Å². The molecule has 1 heterocycles. The van der Waals surface area contributed by atoms with Gasteiger partial charge in [0.2, 0.25) is 17.4 Å². The minimum Gasteiger partial charge on any atom is -0.497 e. The summed E-state index contributed by atoms with van der Waals surface area (Å²) in [5.41, 5.74) is 1.65. The van der Waals surface area contributed by atoms with Crippen LogP contribution in [0.25, 0.3) is 0 Å². The number of benzene rings is 1. The molecule has 0 radical (unpaired) electrons. The van der Waals surface area contributed by atoms with Gasteiger partial charge in [0, 0.05) is 18.7 Å². The van der Waals surface area contributed by atoms with Crippen LogP contribution >= 0.6 is 0 Å². The fraction of sp³-hybridized carbons (Fsp3) is 0.412. The van der Waals surface area contributed by atoms with Gasteiger partial charge in [0.25, 0.3) is 0 Å². The third-order valence-corrected chi connectivity index (χ3v) is 4.36. The molecule has 0 N–H and O–H groups in total. The van der Waals surface area contributed by atoms with Gasteiger partial charge in [-0.2, -0.15) is 0 Å². The summed E-state index contributed by atoms with van der Waals surface area (Å²) >= 11 is 0. The highest BCUT2D eigenvalue weighted by Gasteiger charge is 2.54. The van der Waals surface area contributed by atoms with E-state index in [4.69, 9.17) is 18.9 Å². The monoisotopic (exact) mass is 318 g/mol. The van der Waals surface area contributed by atoms with Crippen LogP contribution in [0.5, 0.6) is 11.5 Å². The Morgan fingerprint density at radius 1 is 1.09 bits per heavy atom. The zero-order valence-electron chi connectivity index (χ0n) is 13.5. The third-order valence-electron chi connectivity index (χ3n) is 4.36. The number of methoxy groups -OCH3 is 3. The first kappa shape index (κ1) is 15.7. The second kappa shape index (κ2) is 5.47. The summed E-state index contributed by atoms with van der Waals surface area (Å²) in [4.78, 5) is 25.3. The Labute approximate surface area is 134 Å². The van der Waals surface area contributed by atoms with Crippen LogP contribution in [-0.4, -0.2) is 39.5 Å². The van der Waals surface area contributed by atoms with Gasteiger partial charge in [0.05, 0.1) is 32.0 Å². The van der Waals surface area contributed by atoms with Gasteiger partial charge in [-0.1, -0.05) is 5.57 Å². The maximum absolute atomic E-state index is 12.6. The van der Waals surface area contributed by atoms with E-state index in [-0.39, 0.29) is 11.1 Å². The lowest BCUT2D eigenvalue weighted by Gasteiger charge is -2.42. The second-order valence-corrected chi connectivity index (χ2v) is 5.48. The van der Waals surface area contributed by atoms with Gasteiger partial charge in [-0.05, 0) is 19.4 Å². The molecule has 6 heteroatoms. The van der Waals surface area contributed by atoms with Gasteiger partial charge in [0.15, 0.2) is 0 Å². The number of ether oxygens (including phenoxy) is 4. The molecule has 0 fully saturated rings. The number of Topliss-reactive ketones (excluding diaryl/α,β-unsaturated/α-hetero) is 2. The quantitative estimate of drug-likeness (QED) is 0.794. The molecule has 0 aromatic heterocycles. The summed E-state index contributed by atoms with van der Waals surface area (Å²) in [6.07, 6.45) is 0.577. The summed E-state index contributed by atoms with van der Waals surface area (Å²) in [5.74, 6) is -1.82. The summed E-state index contributed by atoms with van der Waals surface area (Å²) < 4.78 is 22.1. The van der Waals surface area contributed by atoms with E-state index >= 15 is 0 Å². The lowest BCUT2D eigenvalue weighted by Crippen LogP contribution is -2.48. The Kier molecular flexibility index (Phi) is 3.74. The van der Waals surface area contributed by atoms with Gasteiger partial charge in [0.1, 0.15) is 11.5 Å². The van der Waals surface area contributed by atoms with Crippen LogP contribution in [-0.2, 0) is 20.1 Å². The molecule has 0 saturated heterocycles. The fourth-order valence-electron chi connectivity index (χ4n) is 3.25. The summed E-state index contributed by atoms with van der Waals surface area (Å²) in [7, 11) is 4.42. The van der Waals surface area contributed by atoms with E-state index in [9.17, 15) is 9.59 Å². The van der Waals surface area contributed by atoms with Crippen LogP contribution in [0, 0.1) is 0 Å². The van der Waals surface area contributed by atoms with Crippen molar-refractivity contribution in [3.05, 3.63) is 34.4 Å². The van der Waals surface area contributed by atoms with Crippen molar-refractivity contribution in [2.45, 2.75) is 19.1 Å². The highest BCUT2D eigenvalue weighted by molar-refractivity contribution is 6.51. The van der Waals surface area contributed by atoms with Crippen molar-refractivity contribution in [3.8, 4) is 11.5 Å². The van der Waals surface area contributed by atoms with Crippen LogP contribution < -0.4 is 9.47 Å². The van der Waals surface area contributed by atoms with E-state index in [1.54, 1.807) is 6.07 Å². The largest absolute Gasteiger partial charge is 0.497 e. The Hall–Kier alpha value is -2.18. The van der Waals surface area contributed by atoms with E-state index in [2.05, 4.69) is 0 Å². The highest BCUT2D eigenvalue weighted by Crippen LogP contribution is 2.50. The first-order valence-electron chi connectivity index (χ1n) is 7.25. The molecular formula is C17H18O6. The molecule has 122 valence electrons. The third kappa shape index (κ3) is 2.02. The normalized spacial score (nSPS) is 23.5. The standard InChI is InChI=1S/C17H18O6/c1-9-5-6-23-17(22-4)13(9)16(19)15(18)11-7-10(20-2)8-12(21-3)14(11)17/h7-8H,5-6H2,1-4H3. The van der Waals surface area contributed by atoms with E-state index in [1.165, 1.54) is 27.4 Å². The molecule has 1 aromatic rings. The Morgan fingerprint density at radius 2 is 1.83 bits per heavy atom. The van der Waals surface area contributed by atoms with Gasteiger partial charge in [-0.3, -0.25) is 9.59 Å². The molecule has 6 nitrogen and oxygen atoms in total. The van der Waals surface area contributed by atoms with Gasteiger partial charge < -0.3 is 18.9 Å². The van der Waals surface area contributed by atoms with Crippen LogP contribution in [0.2, 0.25) is 0 Å². The van der Waals surface area contributed by atoms with E-state index in [0.717, 1.165) is 5.57 Å². The van der Waals surface area contributed by atoms with E-state index < -0.39 is 17.4 Å². The zero-order chi connectivity index (χ0) is 16.8. The Balaban J connectivity index is 2.42. The predicted octanol–water partition coefficient (Wildman–Crippen LogP) is 2.01. The summed E-state index contributed by atoms with van der Waals surface area (Å²) in [5, 5.41) is 0. The minimum atomic E-state index is -1.42. The van der Waals surface area contributed by atoms with Crippen LogP contribution in [0.1, 0.15) is 29.3 Å². The number of carbonyl (C=O) groups is 2. The molecule has 3 rings (SSSR count). The molecule has 0 bridgehead atoms. The molecule has 1 atom stereocenters. The van der Waals surface area contributed by atoms with Gasteiger partial charge in [-0.15, -0.1) is 0 Å². The summed E-state index contributed by atoms with van der Waals surface area (Å²) in [6, 6.07) is 3.16. The topological polar surface area (TPSA) is 71.1 Å². The van der Waals surface area contributed by atoms with Crippen molar-refractivity contribution >= 4 is 11.6 Å². The van der Waals surface area contributed by atoms with Crippen molar-refractivity contribution in [1.29, 1.82) is 0 Å². The average molecular weight is 318 g/mol. The minimum absolute atomic E-state index is 0.187. The zero-order valence-corrected chi connectivity index (χ0v) is 13.5. The van der Waals surface area contributed by atoms with Crippen molar-refractivity contribution in [1.82, 2.24) is 0 Å². The molecule has 1 aliphatic heterocycles. The number of ketones is 2. The number of hydrogen-bond donors (Lipinski definition) is 0. The average Bonchev–Trinajstić information content (AvgIpc) is 2.58. The molecular weight excluding hydrogens is 300 g/mol. The van der Waals surface area contributed by atoms with E-state index in [0.29, 0.717) is 30.1 Å². The molecule has 1 aliphatic carbocycles. The molecule has 1 aromatic carbocycles. The SMILES string of the molecule is COc1cc(OC)c2c(c1)C(=O)C(=O)C1=C(C)CCOC12OC. The van der Waals surface area contributed by atoms with Crippen molar-refractivity contribution in [2.75, 3.05) is 27.9 Å².